The Morgan fingerprint density at radius 1 is 1.42 bits per heavy atom. The smallest absolute Gasteiger partial charge is 0.292 e. The Morgan fingerprint density at radius 2 is 2.05 bits per heavy atom. The zero-order valence-electron chi connectivity index (χ0n) is 11.7. The van der Waals surface area contributed by atoms with Crippen molar-refractivity contribution in [3.05, 3.63) is 17.5 Å². The Bertz CT molecular complexity index is 442. The highest BCUT2D eigenvalue weighted by atomic mass is 16.5. The Morgan fingerprint density at radius 3 is 2.53 bits per heavy atom. The van der Waals surface area contributed by atoms with E-state index in [2.05, 4.69) is 10.1 Å². The van der Waals surface area contributed by atoms with Crippen LogP contribution >= 0.6 is 0 Å². The number of carbonyl (C=O) groups is 1. The van der Waals surface area contributed by atoms with Crippen molar-refractivity contribution in [2.45, 2.75) is 26.4 Å². The maximum atomic E-state index is 12.2. The molecular formula is C13H21N3O3. The van der Waals surface area contributed by atoms with Gasteiger partial charge in [-0.25, -0.2) is 0 Å². The molecule has 1 aliphatic rings. The second-order valence-corrected chi connectivity index (χ2v) is 5.72. The van der Waals surface area contributed by atoms with Gasteiger partial charge in [0.1, 0.15) is 0 Å². The maximum Gasteiger partial charge on any atom is 0.292 e. The Balaban J connectivity index is 1.90. The third-order valence-electron chi connectivity index (χ3n) is 3.21. The molecule has 0 aliphatic carbocycles. The Kier molecular flexibility index (Phi) is 3.91. The SMILES string of the molecule is Cc1cnoc1C(=O)N1CCN(CC(C)(C)O)CC1. The molecule has 1 aromatic heterocycles. The van der Waals surface area contributed by atoms with Crippen molar-refractivity contribution >= 4 is 5.91 Å². The summed E-state index contributed by atoms with van der Waals surface area (Å²) in [4.78, 5) is 16.1. The number of rotatable bonds is 3. The van der Waals surface area contributed by atoms with Gasteiger partial charge >= 0.3 is 0 Å². The highest BCUT2D eigenvalue weighted by Crippen LogP contribution is 2.13. The summed E-state index contributed by atoms with van der Waals surface area (Å²) >= 11 is 0. The van der Waals surface area contributed by atoms with Crippen LogP contribution < -0.4 is 0 Å². The number of nitrogens with zero attached hydrogens (tertiary/aromatic N) is 3. The van der Waals surface area contributed by atoms with E-state index >= 15 is 0 Å². The van der Waals surface area contributed by atoms with Gasteiger partial charge < -0.3 is 14.5 Å². The molecule has 1 aromatic rings. The molecule has 1 N–H and O–H groups in total. The van der Waals surface area contributed by atoms with Crippen molar-refractivity contribution in [1.82, 2.24) is 15.0 Å². The third-order valence-corrected chi connectivity index (χ3v) is 3.21. The van der Waals surface area contributed by atoms with E-state index in [0.29, 0.717) is 25.4 Å². The standard InChI is InChI=1S/C13H21N3O3/c1-10-8-14-19-11(10)12(17)16-6-4-15(5-7-16)9-13(2,3)18/h8,18H,4-7,9H2,1-3H3. The van der Waals surface area contributed by atoms with Crippen LogP contribution in [0.5, 0.6) is 0 Å². The molecule has 0 unspecified atom stereocenters. The van der Waals surface area contributed by atoms with Crippen molar-refractivity contribution in [3.8, 4) is 0 Å². The van der Waals surface area contributed by atoms with Crippen LogP contribution in [-0.4, -0.2) is 64.3 Å². The summed E-state index contributed by atoms with van der Waals surface area (Å²) in [7, 11) is 0. The molecule has 6 heteroatoms. The number of amides is 1. The highest BCUT2D eigenvalue weighted by Gasteiger charge is 2.27. The molecule has 0 bridgehead atoms. The lowest BCUT2D eigenvalue weighted by Gasteiger charge is -2.36. The first-order valence-corrected chi connectivity index (χ1v) is 6.52. The van der Waals surface area contributed by atoms with E-state index in [1.807, 2.05) is 6.92 Å². The van der Waals surface area contributed by atoms with E-state index in [-0.39, 0.29) is 5.91 Å². The molecule has 106 valence electrons. The monoisotopic (exact) mass is 267 g/mol. The van der Waals surface area contributed by atoms with Crippen LogP contribution in [0, 0.1) is 6.92 Å². The maximum absolute atomic E-state index is 12.2. The van der Waals surface area contributed by atoms with Crippen molar-refractivity contribution < 1.29 is 14.4 Å². The molecule has 1 fully saturated rings. The van der Waals surface area contributed by atoms with Crippen LogP contribution in [0.1, 0.15) is 30.0 Å². The summed E-state index contributed by atoms with van der Waals surface area (Å²) in [5.74, 6) is 0.230. The average molecular weight is 267 g/mol. The van der Waals surface area contributed by atoms with Crippen LogP contribution in [0.3, 0.4) is 0 Å². The van der Waals surface area contributed by atoms with E-state index in [9.17, 15) is 9.90 Å². The summed E-state index contributed by atoms with van der Waals surface area (Å²) in [6.45, 7) is 8.85. The van der Waals surface area contributed by atoms with Crippen LogP contribution in [0.25, 0.3) is 0 Å². The molecule has 0 saturated carbocycles. The minimum atomic E-state index is -0.701. The normalized spacial score (nSPS) is 17.8. The van der Waals surface area contributed by atoms with E-state index in [0.717, 1.165) is 18.7 Å². The number of β-amino-alcohol motifs (C(OH)–C–C–N with tert-alkyl or cyclic N) is 1. The Hall–Kier alpha value is -1.40. The molecule has 1 amide bonds. The molecule has 0 atom stereocenters. The third kappa shape index (κ3) is 3.54. The van der Waals surface area contributed by atoms with Gasteiger partial charge in [0.15, 0.2) is 0 Å². The van der Waals surface area contributed by atoms with E-state index in [1.54, 1.807) is 24.9 Å². The fraction of sp³-hybridized carbons (Fsp3) is 0.692. The second kappa shape index (κ2) is 5.30. The van der Waals surface area contributed by atoms with Crippen LogP contribution in [0.2, 0.25) is 0 Å². The Labute approximate surface area is 113 Å². The van der Waals surface area contributed by atoms with Gasteiger partial charge in [-0.1, -0.05) is 5.16 Å². The minimum absolute atomic E-state index is 0.0992. The number of hydrogen-bond donors (Lipinski definition) is 1. The molecule has 2 rings (SSSR count). The van der Waals surface area contributed by atoms with Crippen molar-refractivity contribution in [3.63, 3.8) is 0 Å². The first-order valence-electron chi connectivity index (χ1n) is 6.52. The summed E-state index contributed by atoms with van der Waals surface area (Å²) in [6, 6.07) is 0. The lowest BCUT2D eigenvalue weighted by atomic mass is 10.1. The summed E-state index contributed by atoms with van der Waals surface area (Å²) in [5.41, 5.74) is 0.0668. The van der Waals surface area contributed by atoms with Crippen LogP contribution in [0.4, 0.5) is 0 Å². The van der Waals surface area contributed by atoms with Crippen LogP contribution in [-0.2, 0) is 0 Å². The largest absolute Gasteiger partial charge is 0.389 e. The zero-order chi connectivity index (χ0) is 14.0. The highest BCUT2D eigenvalue weighted by molar-refractivity contribution is 5.92. The topological polar surface area (TPSA) is 69.8 Å². The molecule has 1 saturated heterocycles. The molecule has 1 aliphatic heterocycles. The van der Waals surface area contributed by atoms with Gasteiger partial charge in [-0.15, -0.1) is 0 Å². The predicted octanol–water partition coefficient (Wildman–Crippen LogP) is 0.512. The number of carbonyl (C=O) groups excluding carboxylic acids is 1. The van der Waals surface area contributed by atoms with Crippen molar-refractivity contribution in [1.29, 1.82) is 0 Å². The molecule has 0 radical (unpaired) electrons. The quantitative estimate of drug-likeness (QED) is 0.864. The molecule has 0 spiro atoms. The first kappa shape index (κ1) is 14.0. The number of aryl methyl sites for hydroxylation is 1. The zero-order valence-corrected chi connectivity index (χ0v) is 11.7. The summed E-state index contributed by atoms with van der Waals surface area (Å²) in [6.07, 6.45) is 1.55. The van der Waals surface area contributed by atoms with E-state index < -0.39 is 5.60 Å². The minimum Gasteiger partial charge on any atom is -0.389 e. The summed E-state index contributed by atoms with van der Waals surface area (Å²) < 4.78 is 4.99. The number of piperazine rings is 1. The lowest BCUT2D eigenvalue weighted by Crippen LogP contribution is -2.52. The molecule has 19 heavy (non-hydrogen) atoms. The number of aliphatic hydroxyl groups is 1. The van der Waals surface area contributed by atoms with Crippen molar-refractivity contribution in [2.75, 3.05) is 32.7 Å². The van der Waals surface area contributed by atoms with Gasteiger partial charge in [-0.05, 0) is 20.8 Å². The van der Waals surface area contributed by atoms with Gasteiger partial charge in [0.25, 0.3) is 5.91 Å². The second-order valence-electron chi connectivity index (χ2n) is 5.72. The van der Waals surface area contributed by atoms with Gasteiger partial charge in [-0.3, -0.25) is 9.69 Å². The van der Waals surface area contributed by atoms with E-state index in [1.165, 1.54) is 0 Å². The predicted molar refractivity (Wildman–Crippen MR) is 69.9 cm³/mol. The summed E-state index contributed by atoms with van der Waals surface area (Å²) in [5, 5.41) is 13.4. The molecular weight excluding hydrogens is 246 g/mol. The lowest BCUT2D eigenvalue weighted by molar-refractivity contribution is 0.0170. The van der Waals surface area contributed by atoms with Gasteiger partial charge in [0.05, 0.1) is 11.8 Å². The first-order chi connectivity index (χ1) is 8.87. The van der Waals surface area contributed by atoms with Gasteiger partial charge in [0, 0.05) is 38.3 Å². The fourth-order valence-electron chi connectivity index (χ4n) is 2.30. The van der Waals surface area contributed by atoms with Gasteiger partial charge in [-0.2, -0.15) is 0 Å². The van der Waals surface area contributed by atoms with Crippen LogP contribution in [0.15, 0.2) is 10.7 Å². The van der Waals surface area contributed by atoms with Crippen molar-refractivity contribution in [2.24, 2.45) is 0 Å². The fourth-order valence-corrected chi connectivity index (χ4v) is 2.30. The number of aromatic nitrogens is 1. The average Bonchev–Trinajstić information content (AvgIpc) is 2.73. The molecule has 6 nitrogen and oxygen atoms in total. The number of hydrogen-bond acceptors (Lipinski definition) is 5. The van der Waals surface area contributed by atoms with E-state index in [4.69, 9.17) is 4.52 Å². The van der Waals surface area contributed by atoms with Gasteiger partial charge in [0.2, 0.25) is 5.76 Å². The molecule has 2 heterocycles. The molecule has 0 aromatic carbocycles.